The molecule has 4 heteroatoms. The van der Waals surface area contributed by atoms with Crippen LogP contribution in [0.4, 0.5) is 5.13 Å². The lowest BCUT2D eigenvalue weighted by molar-refractivity contribution is 0.101. The third-order valence-electron chi connectivity index (χ3n) is 2.78. The fraction of sp³-hybridized carbons (Fsp3) is 0.600. The summed E-state index contributed by atoms with van der Waals surface area (Å²) in [5.41, 5.74) is 0.594. The average Bonchev–Trinajstić information content (AvgIpc) is 2.48. The molecule has 0 atom stereocenters. The first kappa shape index (κ1) is 9.65. The number of aromatic nitrogens is 1. The molecule has 1 saturated carbocycles. The molecule has 1 aliphatic carbocycles. The molecule has 2 rings (SSSR count). The zero-order chi connectivity index (χ0) is 10.1. The summed E-state index contributed by atoms with van der Waals surface area (Å²) in [5.74, 6) is 0.0505. The molecule has 0 aliphatic heterocycles. The molecule has 1 aromatic heterocycles. The molecule has 1 heterocycles. The van der Waals surface area contributed by atoms with Crippen LogP contribution in [0.5, 0.6) is 0 Å². The molecule has 0 unspecified atom stereocenters. The minimum Gasteiger partial charge on any atom is -0.348 e. The van der Waals surface area contributed by atoms with Gasteiger partial charge in [-0.1, -0.05) is 0 Å². The average molecular weight is 210 g/mol. The quantitative estimate of drug-likeness (QED) is 0.718. The van der Waals surface area contributed by atoms with Crippen molar-refractivity contribution in [3.05, 3.63) is 11.1 Å². The summed E-state index contributed by atoms with van der Waals surface area (Å²) in [6.07, 6.45) is 3.83. The topological polar surface area (TPSA) is 33.2 Å². The fourth-order valence-corrected chi connectivity index (χ4v) is 2.42. The number of carbonyl (C=O) groups excluding carboxylic acids is 1. The van der Waals surface area contributed by atoms with E-state index < -0.39 is 0 Å². The number of Topliss-reactive ketones (excluding diaryl/α,β-unsaturated/α-hetero) is 1. The van der Waals surface area contributed by atoms with E-state index in [1.807, 2.05) is 5.38 Å². The fourth-order valence-electron chi connectivity index (χ4n) is 1.52. The highest BCUT2D eigenvalue weighted by molar-refractivity contribution is 7.13. The number of anilines is 1. The molecule has 3 nitrogen and oxygen atoms in total. The lowest BCUT2D eigenvalue weighted by Gasteiger charge is -2.34. The van der Waals surface area contributed by atoms with Gasteiger partial charge < -0.3 is 4.90 Å². The van der Waals surface area contributed by atoms with Gasteiger partial charge in [-0.15, -0.1) is 11.3 Å². The summed E-state index contributed by atoms with van der Waals surface area (Å²) in [4.78, 5) is 17.6. The van der Waals surface area contributed by atoms with Crippen LogP contribution in [0.25, 0.3) is 0 Å². The van der Waals surface area contributed by atoms with Crippen molar-refractivity contribution in [3.8, 4) is 0 Å². The first-order valence-electron chi connectivity index (χ1n) is 4.88. The van der Waals surface area contributed by atoms with Crippen molar-refractivity contribution in [1.82, 2.24) is 4.98 Å². The molecule has 0 bridgehead atoms. The third kappa shape index (κ3) is 1.66. The van der Waals surface area contributed by atoms with Crippen molar-refractivity contribution in [1.29, 1.82) is 0 Å². The van der Waals surface area contributed by atoms with E-state index in [0.717, 1.165) is 5.13 Å². The van der Waals surface area contributed by atoms with Gasteiger partial charge in [-0.2, -0.15) is 0 Å². The molecule has 1 fully saturated rings. The SMILES string of the molecule is CC(=O)c1csc(N(C)C2CCC2)n1. The van der Waals surface area contributed by atoms with Gasteiger partial charge in [-0.3, -0.25) is 4.79 Å². The van der Waals surface area contributed by atoms with Gasteiger partial charge in [0, 0.05) is 25.4 Å². The predicted octanol–water partition coefficient (Wildman–Crippen LogP) is 2.33. The van der Waals surface area contributed by atoms with Crippen molar-refractivity contribution in [2.45, 2.75) is 32.2 Å². The smallest absolute Gasteiger partial charge is 0.185 e. The molecule has 0 radical (unpaired) electrons. The number of hydrogen-bond donors (Lipinski definition) is 0. The van der Waals surface area contributed by atoms with Crippen LogP contribution < -0.4 is 4.90 Å². The summed E-state index contributed by atoms with van der Waals surface area (Å²) in [6.45, 7) is 1.56. The van der Waals surface area contributed by atoms with Crippen LogP contribution in [-0.4, -0.2) is 23.9 Å². The van der Waals surface area contributed by atoms with Gasteiger partial charge in [0.2, 0.25) is 0 Å². The highest BCUT2D eigenvalue weighted by Gasteiger charge is 2.24. The highest BCUT2D eigenvalue weighted by atomic mass is 32.1. The van der Waals surface area contributed by atoms with Crippen LogP contribution in [0, 0.1) is 0 Å². The van der Waals surface area contributed by atoms with Crippen molar-refractivity contribution >= 4 is 22.3 Å². The van der Waals surface area contributed by atoms with Gasteiger partial charge in [0.15, 0.2) is 10.9 Å². The van der Waals surface area contributed by atoms with Crippen LogP contribution in [0.2, 0.25) is 0 Å². The Morgan fingerprint density at radius 2 is 2.36 bits per heavy atom. The molecule has 0 aromatic carbocycles. The van der Waals surface area contributed by atoms with Crippen LogP contribution in [-0.2, 0) is 0 Å². The van der Waals surface area contributed by atoms with Crippen molar-refractivity contribution < 1.29 is 4.79 Å². The Labute approximate surface area is 87.8 Å². The standard InChI is InChI=1S/C10H14N2OS/c1-7(13)9-6-14-10(11-9)12(2)8-4-3-5-8/h6,8H,3-5H2,1-2H3. The van der Waals surface area contributed by atoms with E-state index in [-0.39, 0.29) is 5.78 Å². The Morgan fingerprint density at radius 1 is 1.64 bits per heavy atom. The summed E-state index contributed by atoms with van der Waals surface area (Å²) in [5, 5.41) is 2.81. The first-order valence-corrected chi connectivity index (χ1v) is 5.76. The van der Waals surface area contributed by atoms with E-state index in [1.165, 1.54) is 19.3 Å². The monoisotopic (exact) mass is 210 g/mol. The molecular formula is C10H14N2OS. The predicted molar refractivity (Wildman–Crippen MR) is 58.2 cm³/mol. The maximum atomic E-state index is 11.1. The summed E-state index contributed by atoms with van der Waals surface area (Å²) in [7, 11) is 2.06. The number of thiazole rings is 1. The number of carbonyl (C=O) groups is 1. The maximum Gasteiger partial charge on any atom is 0.185 e. The molecule has 0 N–H and O–H groups in total. The summed E-state index contributed by atoms with van der Waals surface area (Å²) >= 11 is 1.56. The van der Waals surface area contributed by atoms with Crippen molar-refractivity contribution in [2.24, 2.45) is 0 Å². The van der Waals surface area contributed by atoms with E-state index in [0.29, 0.717) is 11.7 Å². The van der Waals surface area contributed by atoms with Crippen LogP contribution in [0.3, 0.4) is 0 Å². The van der Waals surface area contributed by atoms with Gasteiger partial charge in [-0.25, -0.2) is 4.98 Å². The zero-order valence-corrected chi connectivity index (χ0v) is 9.30. The molecular weight excluding hydrogens is 196 g/mol. The van der Waals surface area contributed by atoms with E-state index in [2.05, 4.69) is 16.9 Å². The molecule has 14 heavy (non-hydrogen) atoms. The van der Waals surface area contributed by atoms with Gasteiger partial charge in [-0.05, 0) is 19.3 Å². The molecule has 1 aliphatic rings. The number of hydrogen-bond acceptors (Lipinski definition) is 4. The van der Waals surface area contributed by atoms with Crippen LogP contribution in [0.1, 0.15) is 36.7 Å². The number of ketones is 1. The first-order chi connectivity index (χ1) is 6.68. The second kappa shape index (κ2) is 3.69. The third-order valence-corrected chi connectivity index (χ3v) is 3.71. The van der Waals surface area contributed by atoms with E-state index >= 15 is 0 Å². The minimum absolute atomic E-state index is 0.0505. The van der Waals surface area contributed by atoms with Crippen LogP contribution in [0.15, 0.2) is 5.38 Å². The number of nitrogens with zero attached hydrogens (tertiary/aromatic N) is 2. The molecule has 0 saturated heterocycles. The van der Waals surface area contributed by atoms with Gasteiger partial charge in [0.25, 0.3) is 0 Å². The maximum absolute atomic E-state index is 11.1. The van der Waals surface area contributed by atoms with E-state index in [1.54, 1.807) is 18.3 Å². The Morgan fingerprint density at radius 3 is 2.79 bits per heavy atom. The lowest BCUT2D eigenvalue weighted by atomic mass is 9.92. The second-order valence-electron chi connectivity index (χ2n) is 3.77. The Kier molecular flexibility index (Phi) is 2.54. The molecule has 0 amide bonds. The number of rotatable bonds is 3. The molecule has 0 spiro atoms. The summed E-state index contributed by atoms with van der Waals surface area (Å²) < 4.78 is 0. The Hall–Kier alpha value is -0.900. The van der Waals surface area contributed by atoms with Crippen molar-refractivity contribution in [3.63, 3.8) is 0 Å². The second-order valence-corrected chi connectivity index (χ2v) is 4.60. The lowest BCUT2D eigenvalue weighted by Crippen LogP contribution is -2.37. The van der Waals surface area contributed by atoms with Gasteiger partial charge in [0.1, 0.15) is 5.69 Å². The van der Waals surface area contributed by atoms with Gasteiger partial charge >= 0.3 is 0 Å². The largest absolute Gasteiger partial charge is 0.348 e. The normalized spacial score (nSPS) is 16.4. The van der Waals surface area contributed by atoms with E-state index in [9.17, 15) is 4.79 Å². The highest BCUT2D eigenvalue weighted by Crippen LogP contribution is 2.30. The Balaban J connectivity index is 2.11. The minimum atomic E-state index is 0.0505. The Bertz CT molecular complexity index is 344. The van der Waals surface area contributed by atoms with Crippen LogP contribution >= 0.6 is 11.3 Å². The van der Waals surface area contributed by atoms with E-state index in [4.69, 9.17) is 0 Å². The summed E-state index contributed by atoms with van der Waals surface area (Å²) in [6, 6.07) is 0.640. The zero-order valence-electron chi connectivity index (χ0n) is 8.49. The molecule has 76 valence electrons. The van der Waals surface area contributed by atoms with Crippen molar-refractivity contribution in [2.75, 3.05) is 11.9 Å². The molecule has 1 aromatic rings. The van der Waals surface area contributed by atoms with Gasteiger partial charge in [0.05, 0.1) is 0 Å².